The highest BCUT2D eigenvalue weighted by atomic mass is 32.2. The van der Waals surface area contributed by atoms with Crippen molar-refractivity contribution in [3.8, 4) is 0 Å². The Labute approximate surface area is 206 Å². The number of rotatable bonds is 11. The molecule has 0 spiro atoms. The van der Waals surface area contributed by atoms with Crippen molar-refractivity contribution in [3.63, 3.8) is 0 Å². The SMILES string of the molecule is COC(=O)c1ccc(CN(Cc2cccnc2)C[C@@H](NS(=O)(=O)c2ccc(F)cc2)C(C)C)cc1. The first kappa shape index (κ1) is 26.5. The molecule has 0 fully saturated rings. The van der Waals surface area contributed by atoms with Gasteiger partial charge in [-0.25, -0.2) is 22.3 Å². The number of esters is 1. The Kier molecular flexibility index (Phi) is 9.08. The number of benzene rings is 2. The van der Waals surface area contributed by atoms with Gasteiger partial charge in [-0.3, -0.25) is 9.88 Å². The predicted octanol–water partition coefficient (Wildman–Crippen LogP) is 4.01. The van der Waals surface area contributed by atoms with Crippen LogP contribution in [0.2, 0.25) is 0 Å². The van der Waals surface area contributed by atoms with Crippen LogP contribution in [0.5, 0.6) is 0 Å². The maximum Gasteiger partial charge on any atom is 0.337 e. The van der Waals surface area contributed by atoms with Crippen LogP contribution in [0.3, 0.4) is 0 Å². The summed E-state index contributed by atoms with van der Waals surface area (Å²) in [6, 6.07) is 15.3. The second-order valence-corrected chi connectivity index (χ2v) is 10.4. The fourth-order valence-corrected chi connectivity index (χ4v) is 4.98. The van der Waals surface area contributed by atoms with E-state index in [0.29, 0.717) is 25.2 Å². The third-order valence-electron chi connectivity index (χ3n) is 5.60. The second-order valence-electron chi connectivity index (χ2n) is 8.65. The molecule has 0 aliphatic carbocycles. The van der Waals surface area contributed by atoms with Gasteiger partial charge in [-0.2, -0.15) is 0 Å². The molecule has 0 unspecified atom stereocenters. The van der Waals surface area contributed by atoms with E-state index in [9.17, 15) is 17.6 Å². The zero-order valence-corrected chi connectivity index (χ0v) is 20.8. The van der Waals surface area contributed by atoms with Crippen molar-refractivity contribution in [1.29, 1.82) is 0 Å². The lowest BCUT2D eigenvalue weighted by molar-refractivity contribution is 0.0600. The molecule has 3 rings (SSSR count). The quantitative estimate of drug-likeness (QED) is 0.401. The van der Waals surface area contributed by atoms with Crippen molar-refractivity contribution >= 4 is 16.0 Å². The normalized spacial score (nSPS) is 12.6. The summed E-state index contributed by atoms with van der Waals surface area (Å²) < 4.78 is 46.8. The molecule has 0 aliphatic heterocycles. The summed E-state index contributed by atoms with van der Waals surface area (Å²) >= 11 is 0. The third kappa shape index (κ3) is 7.68. The van der Waals surface area contributed by atoms with Crippen LogP contribution in [0, 0.1) is 11.7 Å². The summed E-state index contributed by atoms with van der Waals surface area (Å²) in [6.45, 7) is 5.40. The maximum absolute atomic E-state index is 13.3. The average Bonchev–Trinajstić information content (AvgIpc) is 2.84. The first-order valence-corrected chi connectivity index (χ1v) is 12.7. The number of halogens is 1. The summed E-state index contributed by atoms with van der Waals surface area (Å²) in [4.78, 5) is 18.1. The summed E-state index contributed by atoms with van der Waals surface area (Å²) in [5.74, 6) is -0.910. The van der Waals surface area contributed by atoms with Crippen LogP contribution in [0.25, 0.3) is 0 Å². The minimum Gasteiger partial charge on any atom is -0.465 e. The van der Waals surface area contributed by atoms with Crippen LogP contribution in [-0.4, -0.2) is 44.0 Å². The smallest absolute Gasteiger partial charge is 0.337 e. The molecule has 35 heavy (non-hydrogen) atoms. The molecule has 1 atom stereocenters. The molecule has 7 nitrogen and oxygen atoms in total. The Hall–Kier alpha value is -3.14. The van der Waals surface area contributed by atoms with E-state index in [1.54, 1.807) is 24.5 Å². The topological polar surface area (TPSA) is 88.6 Å². The number of aromatic nitrogens is 1. The molecular formula is C26H30FN3O4S. The van der Waals surface area contributed by atoms with E-state index in [2.05, 4.69) is 14.6 Å². The fourth-order valence-electron chi connectivity index (χ4n) is 3.60. The van der Waals surface area contributed by atoms with E-state index in [-0.39, 0.29) is 10.8 Å². The van der Waals surface area contributed by atoms with Gasteiger partial charge in [0, 0.05) is 38.1 Å². The third-order valence-corrected chi connectivity index (χ3v) is 7.11. The van der Waals surface area contributed by atoms with Crippen molar-refractivity contribution in [2.24, 2.45) is 5.92 Å². The van der Waals surface area contributed by atoms with Crippen molar-refractivity contribution < 1.29 is 22.3 Å². The van der Waals surface area contributed by atoms with E-state index in [1.165, 1.54) is 19.2 Å². The molecule has 0 saturated carbocycles. The zero-order chi connectivity index (χ0) is 25.4. The summed E-state index contributed by atoms with van der Waals surface area (Å²) in [5, 5.41) is 0. The number of nitrogens with zero attached hydrogens (tertiary/aromatic N) is 2. The molecule has 3 aromatic rings. The number of hydrogen-bond acceptors (Lipinski definition) is 6. The highest BCUT2D eigenvalue weighted by Crippen LogP contribution is 2.17. The van der Waals surface area contributed by atoms with Crippen LogP contribution in [0.1, 0.15) is 35.3 Å². The lowest BCUT2D eigenvalue weighted by atomic mass is 10.0. The predicted molar refractivity (Wildman–Crippen MR) is 131 cm³/mol. The van der Waals surface area contributed by atoms with Crippen molar-refractivity contribution in [3.05, 3.63) is 95.6 Å². The Morgan fingerprint density at radius 2 is 1.69 bits per heavy atom. The van der Waals surface area contributed by atoms with E-state index in [4.69, 9.17) is 4.74 Å². The number of sulfonamides is 1. The van der Waals surface area contributed by atoms with Gasteiger partial charge in [-0.15, -0.1) is 0 Å². The lowest BCUT2D eigenvalue weighted by Crippen LogP contribution is -2.46. The minimum absolute atomic E-state index is 0.0108. The zero-order valence-electron chi connectivity index (χ0n) is 20.0. The van der Waals surface area contributed by atoms with Crippen LogP contribution in [0.15, 0.2) is 78.0 Å². The molecule has 1 heterocycles. The Bertz CT molecular complexity index is 1200. The van der Waals surface area contributed by atoms with Gasteiger partial charge in [0.25, 0.3) is 0 Å². The van der Waals surface area contributed by atoms with Gasteiger partial charge in [0.05, 0.1) is 17.6 Å². The van der Waals surface area contributed by atoms with E-state index < -0.39 is 27.9 Å². The highest BCUT2D eigenvalue weighted by Gasteiger charge is 2.25. The Morgan fingerprint density at radius 1 is 1.03 bits per heavy atom. The van der Waals surface area contributed by atoms with Gasteiger partial charge in [-0.05, 0) is 59.5 Å². The maximum atomic E-state index is 13.3. The minimum atomic E-state index is -3.84. The van der Waals surface area contributed by atoms with E-state index in [1.807, 2.05) is 38.1 Å². The molecule has 186 valence electrons. The molecular weight excluding hydrogens is 469 g/mol. The molecule has 9 heteroatoms. The van der Waals surface area contributed by atoms with Gasteiger partial charge in [0.2, 0.25) is 10.0 Å². The van der Waals surface area contributed by atoms with E-state index >= 15 is 0 Å². The number of carbonyl (C=O) groups is 1. The summed E-state index contributed by atoms with van der Waals surface area (Å²) in [5.41, 5.74) is 2.41. The molecule has 2 aromatic carbocycles. The number of pyridine rings is 1. The van der Waals surface area contributed by atoms with Gasteiger partial charge in [-0.1, -0.05) is 32.0 Å². The number of ether oxygens (including phenoxy) is 1. The number of nitrogens with one attached hydrogen (secondary N) is 1. The van der Waals surface area contributed by atoms with Gasteiger partial charge < -0.3 is 4.74 Å². The van der Waals surface area contributed by atoms with Crippen molar-refractivity contribution in [2.45, 2.75) is 37.9 Å². The second kappa shape index (κ2) is 12.0. The fraction of sp³-hybridized carbons (Fsp3) is 0.308. The first-order valence-electron chi connectivity index (χ1n) is 11.2. The average molecular weight is 500 g/mol. The summed E-state index contributed by atoms with van der Waals surface area (Å²) in [7, 11) is -2.50. The lowest BCUT2D eigenvalue weighted by Gasteiger charge is -2.30. The molecule has 0 radical (unpaired) electrons. The van der Waals surface area contributed by atoms with Crippen molar-refractivity contribution in [1.82, 2.24) is 14.6 Å². The van der Waals surface area contributed by atoms with E-state index in [0.717, 1.165) is 23.3 Å². The standard InChI is InChI=1S/C26H30FN3O4S/c1-19(2)25(29-35(32,33)24-12-10-23(27)11-13-24)18-30(17-21-5-4-14-28-15-21)16-20-6-8-22(9-7-20)26(31)34-3/h4-15,19,25,29H,16-18H2,1-3H3/t25-/m1/s1. The van der Waals surface area contributed by atoms with Gasteiger partial charge >= 0.3 is 5.97 Å². The molecule has 0 amide bonds. The van der Waals surface area contributed by atoms with Crippen molar-refractivity contribution in [2.75, 3.05) is 13.7 Å². The summed E-state index contributed by atoms with van der Waals surface area (Å²) in [6.07, 6.45) is 3.48. The van der Waals surface area contributed by atoms with Crippen LogP contribution in [-0.2, 0) is 27.8 Å². The van der Waals surface area contributed by atoms with Crippen LogP contribution < -0.4 is 4.72 Å². The molecule has 1 N–H and O–H groups in total. The monoisotopic (exact) mass is 499 g/mol. The number of hydrogen-bond donors (Lipinski definition) is 1. The Morgan fingerprint density at radius 3 is 2.26 bits per heavy atom. The van der Waals surface area contributed by atoms with Crippen LogP contribution >= 0.6 is 0 Å². The molecule has 0 saturated heterocycles. The molecule has 0 aliphatic rings. The Balaban J connectivity index is 1.82. The van der Waals surface area contributed by atoms with Gasteiger partial charge in [0.15, 0.2) is 0 Å². The molecule has 0 bridgehead atoms. The number of carbonyl (C=O) groups excluding carboxylic acids is 1. The van der Waals surface area contributed by atoms with Crippen LogP contribution in [0.4, 0.5) is 4.39 Å². The highest BCUT2D eigenvalue weighted by molar-refractivity contribution is 7.89. The first-order chi connectivity index (χ1) is 16.7. The largest absolute Gasteiger partial charge is 0.465 e. The number of methoxy groups -OCH3 is 1. The molecule has 1 aromatic heterocycles. The van der Waals surface area contributed by atoms with Gasteiger partial charge in [0.1, 0.15) is 5.82 Å².